The second-order valence-electron chi connectivity index (χ2n) is 12.0. The van der Waals surface area contributed by atoms with Gasteiger partial charge in [-0.05, 0) is 6.42 Å². The van der Waals surface area contributed by atoms with Gasteiger partial charge in [0.15, 0.2) is 0 Å². The summed E-state index contributed by atoms with van der Waals surface area (Å²) in [6.45, 7) is 15.2. The van der Waals surface area contributed by atoms with Gasteiger partial charge in [-0.3, -0.25) is 0 Å². The molecule has 0 radical (unpaired) electrons. The number of methoxy groups -OCH3 is 1. The first kappa shape index (κ1) is 49.5. The quantitative estimate of drug-likeness (QED) is 0.0696. The van der Waals surface area contributed by atoms with Gasteiger partial charge in [0, 0.05) is 13.7 Å². The lowest BCUT2D eigenvalue weighted by atomic mass is 10.0. The van der Waals surface area contributed by atoms with Gasteiger partial charge in [-0.1, -0.05) is 84.0 Å². The average Bonchev–Trinajstić information content (AvgIpc) is 3.13. The van der Waals surface area contributed by atoms with E-state index in [0.29, 0.717) is 145 Å². The van der Waals surface area contributed by atoms with Crippen molar-refractivity contribution in [3.8, 4) is 0 Å². The summed E-state index contributed by atoms with van der Waals surface area (Å²) in [5.74, 6) is 0. The largest absolute Gasteiger partial charge is 0.382 e. The van der Waals surface area contributed by atoms with E-state index in [0.717, 1.165) is 13.0 Å². The van der Waals surface area contributed by atoms with Gasteiger partial charge in [-0.2, -0.15) is 0 Å². The number of hydrogen-bond acceptors (Lipinski definition) is 12. The summed E-state index contributed by atoms with van der Waals surface area (Å²) in [6.07, 6.45) is 17.8. The number of unbranched alkanes of at least 4 members (excludes halogenated alkanes) is 12. The van der Waals surface area contributed by atoms with Crippen LogP contribution in [-0.2, 0) is 56.8 Å². The van der Waals surface area contributed by atoms with Crippen molar-refractivity contribution in [2.45, 2.75) is 90.4 Å². The zero-order valence-electron chi connectivity index (χ0n) is 32.4. The van der Waals surface area contributed by atoms with E-state index in [1.165, 1.54) is 77.0 Å². The molecule has 0 fully saturated rings. The molecule has 0 rings (SSSR count). The van der Waals surface area contributed by atoms with Crippen LogP contribution in [0.2, 0.25) is 0 Å². The fourth-order valence-corrected chi connectivity index (χ4v) is 4.67. The minimum Gasteiger partial charge on any atom is -0.382 e. The summed E-state index contributed by atoms with van der Waals surface area (Å²) < 4.78 is 65.3. The minimum atomic E-state index is 0.522. The maximum absolute atomic E-state index is 5.68. The van der Waals surface area contributed by atoms with E-state index in [-0.39, 0.29) is 0 Å². The zero-order chi connectivity index (χ0) is 35.9. The lowest BCUT2D eigenvalue weighted by molar-refractivity contribution is -0.0280. The van der Waals surface area contributed by atoms with Gasteiger partial charge in [0.25, 0.3) is 0 Å². The number of rotatable bonds is 47. The van der Waals surface area contributed by atoms with Gasteiger partial charge in [-0.25, -0.2) is 0 Å². The highest BCUT2D eigenvalue weighted by Gasteiger charge is 1.98. The van der Waals surface area contributed by atoms with E-state index >= 15 is 0 Å². The molecule has 0 aliphatic carbocycles. The van der Waals surface area contributed by atoms with Crippen LogP contribution in [0, 0.1) is 0 Å². The highest BCUT2D eigenvalue weighted by molar-refractivity contribution is 4.49. The molecule has 0 aliphatic heterocycles. The Kier molecular flexibility index (Phi) is 48.1. The van der Waals surface area contributed by atoms with Gasteiger partial charge < -0.3 is 56.8 Å². The Morgan fingerprint density at radius 3 is 0.600 bits per heavy atom. The van der Waals surface area contributed by atoms with Crippen molar-refractivity contribution in [3.05, 3.63) is 0 Å². The maximum atomic E-state index is 5.68. The molecule has 12 nitrogen and oxygen atoms in total. The molecule has 0 bridgehead atoms. The fraction of sp³-hybridized carbons (Fsp3) is 1.00. The Morgan fingerprint density at radius 1 is 0.200 bits per heavy atom. The van der Waals surface area contributed by atoms with E-state index in [1.807, 2.05) is 0 Å². The molecule has 0 spiro atoms. The third kappa shape index (κ3) is 47.5. The summed E-state index contributed by atoms with van der Waals surface area (Å²) in [4.78, 5) is 0. The molecule has 0 amide bonds. The first-order chi connectivity index (χ1) is 24.9. The first-order valence-electron chi connectivity index (χ1n) is 19.8. The molecule has 0 N–H and O–H groups in total. The zero-order valence-corrected chi connectivity index (χ0v) is 32.4. The van der Waals surface area contributed by atoms with E-state index in [4.69, 9.17) is 56.8 Å². The summed E-state index contributed by atoms with van der Waals surface area (Å²) >= 11 is 0. The molecule has 12 heteroatoms. The van der Waals surface area contributed by atoms with E-state index in [1.54, 1.807) is 7.11 Å². The van der Waals surface area contributed by atoms with Gasteiger partial charge in [0.05, 0.1) is 145 Å². The van der Waals surface area contributed by atoms with Crippen LogP contribution >= 0.6 is 0 Å². The van der Waals surface area contributed by atoms with E-state index in [9.17, 15) is 0 Å². The van der Waals surface area contributed by atoms with Crippen LogP contribution in [0.1, 0.15) is 90.4 Å². The molecule has 0 aromatic carbocycles. The molecule has 0 unspecified atom stereocenters. The smallest absolute Gasteiger partial charge is 0.0701 e. The minimum absolute atomic E-state index is 0.522. The van der Waals surface area contributed by atoms with Crippen molar-refractivity contribution in [2.75, 3.05) is 159 Å². The van der Waals surface area contributed by atoms with Crippen LogP contribution in [-0.4, -0.2) is 159 Å². The van der Waals surface area contributed by atoms with Gasteiger partial charge >= 0.3 is 0 Å². The summed E-state index contributed by atoms with van der Waals surface area (Å²) in [7, 11) is 1.65. The number of ether oxygens (including phenoxy) is 12. The van der Waals surface area contributed by atoms with Crippen molar-refractivity contribution in [3.63, 3.8) is 0 Å². The molecule has 0 aliphatic rings. The second kappa shape index (κ2) is 48.5. The molecular weight excluding hydrogens is 648 g/mol. The summed E-state index contributed by atoms with van der Waals surface area (Å²) in [5, 5.41) is 0. The Labute approximate surface area is 306 Å². The molecule has 0 saturated heterocycles. The van der Waals surface area contributed by atoms with Crippen molar-refractivity contribution >= 4 is 0 Å². The molecule has 0 atom stereocenters. The summed E-state index contributed by atoms with van der Waals surface area (Å²) in [6, 6.07) is 0. The fourth-order valence-electron chi connectivity index (χ4n) is 4.67. The molecule has 0 saturated carbocycles. The van der Waals surface area contributed by atoms with E-state index < -0.39 is 0 Å². The van der Waals surface area contributed by atoms with Crippen LogP contribution in [0.25, 0.3) is 0 Å². The molecule has 0 aromatic rings. The Balaban J connectivity index is 3.04. The highest BCUT2D eigenvalue weighted by atomic mass is 16.6. The number of hydrogen-bond donors (Lipinski definition) is 0. The van der Waals surface area contributed by atoms with Crippen molar-refractivity contribution < 1.29 is 56.8 Å². The SMILES string of the molecule is CCCCCCCCCCCCCCCOCCOCCOCCOCCOCCOCCOCCOCCOCCOCCOCCOC. The van der Waals surface area contributed by atoms with Crippen LogP contribution in [0.4, 0.5) is 0 Å². The van der Waals surface area contributed by atoms with Crippen LogP contribution in [0.15, 0.2) is 0 Å². The molecular formula is C38H78O12. The standard InChI is InChI=1S/C38H78O12/c1-3-4-5-6-7-8-9-10-11-12-13-14-15-16-40-19-20-42-23-24-44-27-28-46-31-32-48-35-36-50-38-37-49-34-33-47-30-29-45-26-25-43-22-21-41-18-17-39-2/h3-38H2,1-2H3. The lowest BCUT2D eigenvalue weighted by Gasteiger charge is -2.09. The average molecular weight is 727 g/mol. The van der Waals surface area contributed by atoms with Crippen LogP contribution in [0.3, 0.4) is 0 Å². The monoisotopic (exact) mass is 727 g/mol. The van der Waals surface area contributed by atoms with Gasteiger partial charge in [-0.15, -0.1) is 0 Å². The lowest BCUT2D eigenvalue weighted by Crippen LogP contribution is -2.15. The Morgan fingerprint density at radius 2 is 0.380 bits per heavy atom. The maximum Gasteiger partial charge on any atom is 0.0701 e. The predicted molar refractivity (Wildman–Crippen MR) is 197 cm³/mol. The third-order valence-corrected chi connectivity index (χ3v) is 7.54. The van der Waals surface area contributed by atoms with Crippen molar-refractivity contribution in [1.29, 1.82) is 0 Å². The third-order valence-electron chi connectivity index (χ3n) is 7.54. The summed E-state index contributed by atoms with van der Waals surface area (Å²) in [5.41, 5.74) is 0. The predicted octanol–water partition coefficient (Wildman–Crippen LogP) is 5.91. The molecule has 0 aromatic heterocycles. The Hall–Kier alpha value is -0.480. The van der Waals surface area contributed by atoms with Crippen LogP contribution in [0.5, 0.6) is 0 Å². The van der Waals surface area contributed by atoms with Gasteiger partial charge in [0.2, 0.25) is 0 Å². The normalized spacial score (nSPS) is 11.6. The second-order valence-corrected chi connectivity index (χ2v) is 12.0. The molecule has 50 heavy (non-hydrogen) atoms. The van der Waals surface area contributed by atoms with Crippen LogP contribution < -0.4 is 0 Å². The topological polar surface area (TPSA) is 111 Å². The van der Waals surface area contributed by atoms with E-state index in [2.05, 4.69) is 6.92 Å². The van der Waals surface area contributed by atoms with Crippen molar-refractivity contribution in [1.82, 2.24) is 0 Å². The Bertz CT molecular complexity index is 528. The van der Waals surface area contributed by atoms with Crippen molar-refractivity contribution in [2.24, 2.45) is 0 Å². The first-order valence-corrected chi connectivity index (χ1v) is 19.8. The molecule has 0 heterocycles. The molecule has 302 valence electrons. The van der Waals surface area contributed by atoms with Gasteiger partial charge in [0.1, 0.15) is 0 Å². The highest BCUT2D eigenvalue weighted by Crippen LogP contribution is 2.12.